The summed E-state index contributed by atoms with van der Waals surface area (Å²) in [5.74, 6) is -0.167. The van der Waals surface area contributed by atoms with Gasteiger partial charge in [-0.3, -0.25) is 0 Å². The standard InChI is InChI=1S/C12H15BrFNO/c1-7-9(11-6-16-4-3-15-11)5-10(14)8(2)12(7)13/h5,11,15H,3-4,6H2,1-2H3. The van der Waals surface area contributed by atoms with Crippen LogP contribution in [0.1, 0.15) is 22.7 Å². The van der Waals surface area contributed by atoms with Gasteiger partial charge in [-0.05, 0) is 36.6 Å². The third-order valence-corrected chi connectivity index (χ3v) is 4.22. The van der Waals surface area contributed by atoms with Crippen LogP contribution in [0.2, 0.25) is 0 Å². The predicted octanol–water partition coefficient (Wildman–Crippen LogP) is 2.87. The minimum Gasteiger partial charge on any atom is -0.378 e. The van der Waals surface area contributed by atoms with Crippen LogP contribution in [0.15, 0.2) is 10.5 Å². The van der Waals surface area contributed by atoms with Crippen molar-refractivity contribution in [2.24, 2.45) is 0 Å². The fourth-order valence-corrected chi connectivity index (χ4v) is 2.41. The molecular formula is C12H15BrFNO. The van der Waals surface area contributed by atoms with E-state index in [4.69, 9.17) is 4.74 Å². The molecule has 16 heavy (non-hydrogen) atoms. The molecule has 1 aromatic rings. The highest BCUT2D eigenvalue weighted by Crippen LogP contribution is 2.30. The van der Waals surface area contributed by atoms with Gasteiger partial charge in [-0.1, -0.05) is 15.9 Å². The van der Waals surface area contributed by atoms with E-state index in [1.807, 2.05) is 6.92 Å². The molecule has 1 heterocycles. The lowest BCUT2D eigenvalue weighted by atomic mass is 9.98. The molecule has 1 unspecified atom stereocenters. The number of nitrogens with one attached hydrogen (secondary N) is 1. The molecule has 0 aliphatic carbocycles. The van der Waals surface area contributed by atoms with Gasteiger partial charge < -0.3 is 10.1 Å². The van der Waals surface area contributed by atoms with Crippen molar-refractivity contribution in [3.63, 3.8) is 0 Å². The van der Waals surface area contributed by atoms with Crippen molar-refractivity contribution in [3.05, 3.63) is 33.0 Å². The second kappa shape index (κ2) is 4.82. The van der Waals surface area contributed by atoms with E-state index in [2.05, 4.69) is 21.2 Å². The monoisotopic (exact) mass is 287 g/mol. The Morgan fingerprint density at radius 3 is 2.81 bits per heavy atom. The highest BCUT2D eigenvalue weighted by molar-refractivity contribution is 9.10. The highest BCUT2D eigenvalue weighted by atomic mass is 79.9. The smallest absolute Gasteiger partial charge is 0.127 e. The quantitative estimate of drug-likeness (QED) is 0.858. The van der Waals surface area contributed by atoms with Crippen LogP contribution in [0.4, 0.5) is 4.39 Å². The Morgan fingerprint density at radius 1 is 1.44 bits per heavy atom. The van der Waals surface area contributed by atoms with E-state index in [9.17, 15) is 4.39 Å². The molecule has 0 aromatic heterocycles. The molecule has 1 aromatic carbocycles. The molecule has 1 atom stereocenters. The van der Waals surface area contributed by atoms with E-state index >= 15 is 0 Å². The highest BCUT2D eigenvalue weighted by Gasteiger charge is 2.20. The summed E-state index contributed by atoms with van der Waals surface area (Å²) >= 11 is 3.44. The van der Waals surface area contributed by atoms with Crippen molar-refractivity contribution in [1.29, 1.82) is 0 Å². The van der Waals surface area contributed by atoms with E-state index < -0.39 is 0 Å². The molecule has 2 nitrogen and oxygen atoms in total. The van der Waals surface area contributed by atoms with Gasteiger partial charge in [0, 0.05) is 11.0 Å². The van der Waals surface area contributed by atoms with Crippen molar-refractivity contribution in [1.82, 2.24) is 5.32 Å². The Labute approximate surface area is 103 Å². The van der Waals surface area contributed by atoms with Gasteiger partial charge in [0.2, 0.25) is 0 Å². The molecule has 0 radical (unpaired) electrons. The van der Waals surface area contributed by atoms with Crippen molar-refractivity contribution < 1.29 is 9.13 Å². The van der Waals surface area contributed by atoms with Gasteiger partial charge in [-0.25, -0.2) is 4.39 Å². The Balaban J connectivity index is 2.40. The van der Waals surface area contributed by atoms with Gasteiger partial charge in [0.25, 0.3) is 0 Å². The number of halogens is 2. The first-order valence-corrected chi connectivity index (χ1v) is 6.16. The summed E-state index contributed by atoms with van der Waals surface area (Å²) in [5, 5.41) is 3.34. The summed E-state index contributed by atoms with van der Waals surface area (Å²) in [6, 6.07) is 1.71. The van der Waals surface area contributed by atoms with E-state index in [-0.39, 0.29) is 11.9 Å². The maximum absolute atomic E-state index is 13.7. The number of hydrogen-bond donors (Lipinski definition) is 1. The predicted molar refractivity (Wildman–Crippen MR) is 65.1 cm³/mol. The summed E-state index contributed by atoms with van der Waals surface area (Å²) in [5.41, 5.74) is 2.73. The number of rotatable bonds is 1. The fraction of sp³-hybridized carbons (Fsp3) is 0.500. The van der Waals surface area contributed by atoms with Gasteiger partial charge in [0.15, 0.2) is 0 Å². The maximum atomic E-state index is 13.7. The van der Waals surface area contributed by atoms with Crippen LogP contribution < -0.4 is 5.32 Å². The summed E-state index contributed by atoms with van der Waals surface area (Å²) in [4.78, 5) is 0. The zero-order valence-electron chi connectivity index (χ0n) is 9.44. The average Bonchev–Trinajstić information content (AvgIpc) is 2.32. The number of hydrogen-bond acceptors (Lipinski definition) is 2. The lowest BCUT2D eigenvalue weighted by Crippen LogP contribution is -2.35. The molecule has 88 valence electrons. The van der Waals surface area contributed by atoms with Crippen molar-refractivity contribution >= 4 is 15.9 Å². The van der Waals surface area contributed by atoms with Gasteiger partial charge in [0.1, 0.15) is 5.82 Å². The van der Waals surface area contributed by atoms with Gasteiger partial charge >= 0.3 is 0 Å². The minimum atomic E-state index is -0.167. The number of ether oxygens (including phenoxy) is 1. The molecule has 0 bridgehead atoms. The number of benzene rings is 1. The molecule has 1 aliphatic heterocycles. The molecule has 4 heteroatoms. The maximum Gasteiger partial charge on any atom is 0.127 e. The zero-order chi connectivity index (χ0) is 11.7. The first-order chi connectivity index (χ1) is 7.61. The number of morpholine rings is 1. The molecule has 2 rings (SSSR count). The normalized spacial score (nSPS) is 21.1. The van der Waals surface area contributed by atoms with E-state index in [1.54, 1.807) is 13.0 Å². The molecule has 0 saturated carbocycles. The topological polar surface area (TPSA) is 21.3 Å². The second-order valence-corrected chi connectivity index (χ2v) is 4.89. The molecule has 1 fully saturated rings. The Morgan fingerprint density at radius 2 is 2.19 bits per heavy atom. The lowest BCUT2D eigenvalue weighted by molar-refractivity contribution is 0.0766. The second-order valence-electron chi connectivity index (χ2n) is 4.09. The molecule has 0 amide bonds. The van der Waals surface area contributed by atoms with Crippen LogP contribution in [-0.2, 0) is 4.74 Å². The Kier molecular flexibility index (Phi) is 3.62. The Bertz CT molecular complexity index is 402. The first kappa shape index (κ1) is 12.0. The third kappa shape index (κ3) is 2.14. The van der Waals surface area contributed by atoms with Crippen LogP contribution in [0.5, 0.6) is 0 Å². The van der Waals surface area contributed by atoms with E-state index in [0.717, 1.165) is 28.8 Å². The largest absolute Gasteiger partial charge is 0.378 e. The third-order valence-electron chi connectivity index (χ3n) is 3.03. The summed E-state index contributed by atoms with van der Waals surface area (Å²) in [7, 11) is 0. The van der Waals surface area contributed by atoms with Crippen LogP contribution in [0.25, 0.3) is 0 Å². The summed E-state index contributed by atoms with van der Waals surface area (Å²) < 4.78 is 19.9. The summed E-state index contributed by atoms with van der Waals surface area (Å²) in [6.07, 6.45) is 0. The lowest BCUT2D eigenvalue weighted by Gasteiger charge is -2.26. The van der Waals surface area contributed by atoms with Gasteiger partial charge in [-0.2, -0.15) is 0 Å². The van der Waals surface area contributed by atoms with Crippen molar-refractivity contribution in [2.45, 2.75) is 19.9 Å². The minimum absolute atomic E-state index is 0.0974. The molecule has 1 saturated heterocycles. The van der Waals surface area contributed by atoms with Gasteiger partial charge in [0.05, 0.1) is 19.3 Å². The molecule has 1 N–H and O–H groups in total. The fourth-order valence-electron chi connectivity index (χ4n) is 1.99. The molecule has 1 aliphatic rings. The molecule has 0 spiro atoms. The Hall–Kier alpha value is -0.450. The van der Waals surface area contributed by atoms with Crippen molar-refractivity contribution in [3.8, 4) is 0 Å². The zero-order valence-corrected chi connectivity index (χ0v) is 11.0. The van der Waals surface area contributed by atoms with Gasteiger partial charge in [-0.15, -0.1) is 0 Å². The van der Waals surface area contributed by atoms with Crippen LogP contribution in [0, 0.1) is 19.7 Å². The van der Waals surface area contributed by atoms with Crippen molar-refractivity contribution in [2.75, 3.05) is 19.8 Å². The average molecular weight is 288 g/mol. The first-order valence-electron chi connectivity index (χ1n) is 5.37. The SMILES string of the molecule is Cc1c(F)cc(C2COCCN2)c(C)c1Br. The molecular weight excluding hydrogens is 273 g/mol. The van der Waals surface area contributed by atoms with Crippen LogP contribution >= 0.6 is 15.9 Å². The van der Waals surface area contributed by atoms with E-state index in [1.165, 1.54) is 0 Å². The van der Waals surface area contributed by atoms with E-state index in [0.29, 0.717) is 12.2 Å². The van der Waals surface area contributed by atoms with Crippen LogP contribution in [0.3, 0.4) is 0 Å². The van der Waals surface area contributed by atoms with Crippen LogP contribution in [-0.4, -0.2) is 19.8 Å². The summed E-state index contributed by atoms with van der Waals surface area (Å²) in [6.45, 7) is 5.93.